The van der Waals surface area contributed by atoms with Crippen LogP contribution in [0.1, 0.15) is 30.5 Å². The maximum absolute atomic E-state index is 12.1. The highest BCUT2D eigenvalue weighted by Gasteiger charge is 2.31. The summed E-state index contributed by atoms with van der Waals surface area (Å²) in [5, 5.41) is 17.1. The number of nitrogens with one attached hydrogen (secondary N) is 1. The number of halogens is 3. The zero-order chi connectivity index (χ0) is 17.0. The van der Waals surface area contributed by atoms with Crippen LogP contribution in [0.15, 0.2) is 30.6 Å². The topological polar surface area (TPSA) is 72.2 Å². The first kappa shape index (κ1) is 17.2. The molecule has 2 aromatic rings. The van der Waals surface area contributed by atoms with Gasteiger partial charge in [-0.15, -0.1) is 13.2 Å². The van der Waals surface area contributed by atoms with Crippen LogP contribution in [0.25, 0.3) is 0 Å². The second-order valence-electron chi connectivity index (χ2n) is 5.00. The fourth-order valence-electron chi connectivity index (χ4n) is 2.09. The van der Waals surface area contributed by atoms with E-state index in [1.165, 1.54) is 18.5 Å². The van der Waals surface area contributed by atoms with Crippen LogP contribution in [0.4, 0.5) is 13.2 Å². The number of aliphatic hydroxyl groups is 1. The van der Waals surface area contributed by atoms with Gasteiger partial charge in [-0.2, -0.15) is 5.10 Å². The number of nitrogens with zero attached hydrogens (tertiary/aromatic N) is 3. The van der Waals surface area contributed by atoms with Crippen molar-refractivity contribution >= 4 is 0 Å². The third kappa shape index (κ3) is 4.93. The predicted octanol–water partition coefficient (Wildman–Crippen LogP) is 2.10. The number of aryl methyl sites for hydroxylation is 1. The zero-order valence-corrected chi connectivity index (χ0v) is 12.6. The van der Waals surface area contributed by atoms with Crippen LogP contribution < -0.4 is 10.1 Å². The highest BCUT2D eigenvalue weighted by atomic mass is 19.4. The molecule has 0 radical (unpaired) electrons. The minimum atomic E-state index is -4.73. The number of hydrogen-bond acceptors (Lipinski definition) is 5. The molecule has 0 fully saturated rings. The van der Waals surface area contributed by atoms with E-state index in [1.54, 1.807) is 11.7 Å². The van der Waals surface area contributed by atoms with E-state index in [0.29, 0.717) is 11.4 Å². The Labute approximate surface area is 130 Å². The molecule has 0 bridgehead atoms. The van der Waals surface area contributed by atoms with Crippen molar-refractivity contribution in [2.24, 2.45) is 7.05 Å². The molecule has 23 heavy (non-hydrogen) atoms. The van der Waals surface area contributed by atoms with E-state index in [0.717, 1.165) is 12.1 Å². The van der Waals surface area contributed by atoms with Crippen molar-refractivity contribution in [1.82, 2.24) is 20.1 Å². The van der Waals surface area contributed by atoms with Gasteiger partial charge in [-0.25, -0.2) is 4.98 Å². The normalized spacial score (nSPS) is 14.5. The molecule has 6 nitrogen and oxygen atoms in total. The molecule has 0 aliphatic rings. The van der Waals surface area contributed by atoms with E-state index < -0.39 is 12.5 Å². The SMILES string of the molecule is CC(NCC(O)c1ccc(OC(F)(F)F)cc1)c1ncnn1C. The monoisotopic (exact) mass is 330 g/mol. The van der Waals surface area contributed by atoms with Gasteiger partial charge in [0.15, 0.2) is 0 Å². The minimum absolute atomic E-state index is 0.134. The van der Waals surface area contributed by atoms with Gasteiger partial charge in [0.25, 0.3) is 0 Å². The summed E-state index contributed by atoms with van der Waals surface area (Å²) in [7, 11) is 1.76. The van der Waals surface area contributed by atoms with Gasteiger partial charge in [0, 0.05) is 13.6 Å². The average molecular weight is 330 g/mol. The van der Waals surface area contributed by atoms with Crippen LogP contribution in [0.2, 0.25) is 0 Å². The van der Waals surface area contributed by atoms with Crippen molar-refractivity contribution in [3.8, 4) is 5.75 Å². The molecule has 2 atom stereocenters. The minimum Gasteiger partial charge on any atom is -0.406 e. The summed E-state index contributed by atoms with van der Waals surface area (Å²) >= 11 is 0. The van der Waals surface area contributed by atoms with E-state index in [-0.39, 0.29) is 18.3 Å². The third-order valence-electron chi connectivity index (χ3n) is 3.25. The number of alkyl halides is 3. The molecule has 0 aliphatic heterocycles. The highest BCUT2D eigenvalue weighted by Crippen LogP contribution is 2.24. The number of ether oxygens (including phenoxy) is 1. The molecule has 1 heterocycles. The second kappa shape index (κ2) is 6.97. The van der Waals surface area contributed by atoms with Gasteiger partial charge in [-0.1, -0.05) is 12.1 Å². The molecule has 2 N–H and O–H groups in total. The van der Waals surface area contributed by atoms with Gasteiger partial charge < -0.3 is 15.2 Å². The lowest BCUT2D eigenvalue weighted by Crippen LogP contribution is -2.26. The zero-order valence-electron chi connectivity index (χ0n) is 12.6. The van der Waals surface area contributed by atoms with E-state index in [9.17, 15) is 18.3 Å². The smallest absolute Gasteiger partial charge is 0.406 e. The number of benzene rings is 1. The molecular formula is C14H17F3N4O2. The van der Waals surface area contributed by atoms with Crippen LogP contribution in [0.3, 0.4) is 0 Å². The highest BCUT2D eigenvalue weighted by molar-refractivity contribution is 5.28. The molecule has 0 amide bonds. The largest absolute Gasteiger partial charge is 0.573 e. The Hall–Kier alpha value is -2.13. The molecule has 0 saturated carbocycles. The van der Waals surface area contributed by atoms with Crippen LogP contribution in [-0.2, 0) is 7.05 Å². The van der Waals surface area contributed by atoms with Crippen LogP contribution in [0, 0.1) is 0 Å². The fourth-order valence-corrected chi connectivity index (χ4v) is 2.09. The molecule has 9 heteroatoms. The molecule has 0 spiro atoms. The van der Waals surface area contributed by atoms with Gasteiger partial charge in [-0.05, 0) is 24.6 Å². The quantitative estimate of drug-likeness (QED) is 0.849. The standard InChI is InChI=1S/C14H17F3N4O2/c1-9(13-19-8-20-21(13)2)18-7-12(22)10-3-5-11(6-4-10)23-14(15,16)17/h3-6,8-9,12,18,22H,7H2,1-2H3. The number of aromatic nitrogens is 3. The third-order valence-corrected chi connectivity index (χ3v) is 3.25. The number of rotatable bonds is 6. The van der Waals surface area contributed by atoms with Crippen molar-refractivity contribution in [3.05, 3.63) is 42.0 Å². The van der Waals surface area contributed by atoms with Crippen molar-refractivity contribution < 1.29 is 23.0 Å². The lowest BCUT2D eigenvalue weighted by Gasteiger charge is -2.17. The van der Waals surface area contributed by atoms with Crippen LogP contribution in [0.5, 0.6) is 5.75 Å². The summed E-state index contributed by atoms with van der Waals surface area (Å²) in [4.78, 5) is 4.10. The molecule has 126 valence electrons. The van der Waals surface area contributed by atoms with Crippen molar-refractivity contribution in [2.75, 3.05) is 6.54 Å². The van der Waals surface area contributed by atoms with E-state index in [4.69, 9.17) is 0 Å². The van der Waals surface area contributed by atoms with Gasteiger partial charge >= 0.3 is 6.36 Å². The first-order chi connectivity index (χ1) is 10.8. The van der Waals surface area contributed by atoms with Gasteiger partial charge in [0.05, 0.1) is 12.1 Å². The number of aliphatic hydroxyl groups excluding tert-OH is 1. The molecule has 2 rings (SSSR count). The maximum Gasteiger partial charge on any atom is 0.573 e. The molecule has 2 unspecified atom stereocenters. The molecular weight excluding hydrogens is 313 g/mol. The van der Waals surface area contributed by atoms with Gasteiger partial charge in [0.1, 0.15) is 17.9 Å². The molecule has 1 aromatic heterocycles. The lowest BCUT2D eigenvalue weighted by molar-refractivity contribution is -0.274. The summed E-state index contributed by atoms with van der Waals surface area (Å²) in [6.45, 7) is 2.09. The summed E-state index contributed by atoms with van der Waals surface area (Å²) in [5.41, 5.74) is 0.484. The number of hydrogen-bond donors (Lipinski definition) is 2. The summed E-state index contributed by atoms with van der Waals surface area (Å²) < 4.78 is 41.6. The fraction of sp³-hybridized carbons (Fsp3) is 0.429. The predicted molar refractivity (Wildman–Crippen MR) is 75.5 cm³/mol. The van der Waals surface area contributed by atoms with Gasteiger partial charge in [-0.3, -0.25) is 4.68 Å². The average Bonchev–Trinajstić information content (AvgIpc) is 2.90. The summed E-state index contributed by atoms with van der Waals surface area (Å²) in [5.74, 6) is 0.389. The first-order valence-corrected chi connectivity index (χ1v) is 6.87. The van der Waals surface area contributed by atoms with Gasteiger partial charge in [0.2, 0.25) is 0 Å². The van der Waals surface area contributed by atoms with E-state index in [1.807, 2.05) is 6.92 Å². The molecule has 1 aromatic carbocycles. The van der Waals surface area contributed by atoms with Crippen molar-refractivity contribution in [1.29, 1.82) is 0 Å². The Morgan fingerprint density at radius 1 is 1.30 bits per heavy atom. The van der Waals surface area contributed by atoms with Crippen molar-refractivity contribution in [3.63, 3.8) is 0 Å². The lowest BCUT2D eigenvalue weighted by atomic mass is 10.1. The Morgan fingerprint density at radius 2 is 1.96 bits per heavy atom. The van der Waals surface area contributed by atoms with Crippen molar-refractivity contribution in [2.45, 2.75) is 25.4 Å². The van der Waals surface area contributed by atoms with Crippen LogP contribution >= 0.6 is 0 Å². The van der Waals surface area contributed by atoms with E-state index in [2.05, 4.69) is 20.1 Å². The Balaban J connectivity index is 1.90. The Morgan fingerprint density at radius 3 is 2.48 bits per heavy atom. The summed E-state index contributed by atoms with van der Waals surface area (Å²) in [6.07, 6.45) is -4.16. The van der Waals surface area contributed by atoms with E-state index >= 15 is 0 Å². The maximum atomic E-state index is 12.1. The second-order valence-corrected chi connectivity index (χ2v) is 5.00. The Bertz CT molecular complexity index is 628. The first-order valence-electron chi connectivity index (χ1n) is 6.87. The summed E-state index contributed by atoms with van der Waals surface area (Å²) in [6, 6.07) is 4.97. The molecule has 0 saturated heterocycles. The van der Waals surface area contributed by atoms with Crippen LogP contribution in [-0.4, -0.2) is 32.8 Å². The molecule has 0 aliphatic carbocycles. The Kier molecular flexibility index (Phi) is 5.22.